The second-order valence-electron chi connectivity index (χ2n) is 1.88. The van der Waals surface area contributed by atoms with E-state index in [-0.39, 0.29) is 0 Å². The summed E-state index contributed by atoms with van der Waals surface area (Å²) in [6.07, 6.45) is -1.12. The van der Waals surface area contributed by atoms with Crippen LogP contribution in [-0.2, 0) is 9.59 Å². The van der Waals surface area contributed by atoms with Gasteiger partial charge in [-0.15, -0.1) is 0 Å². The van der Waals surface area contributed by atoms with Crippen LogP contribution in [0.1, 0.15) is 13.3 Å². The smallest absolute Gasteiger partial charge is 0.311 e. The van der Waals surface area contributed by atoms with Crippen molar-refractivity contribution in [1.29, 1.82) is 0 Å². The SMILES string of the molecule is CC(F)(F)C(=O)CC(=O)O. The number of hydrogen-bond acceptors (Lipinski definition) is 2. The molecule has 0 heterocycles. The summed E-state index contributed by atoms with van der Waals surface area (Å²) >= 11 is 0. The molecule has 58 valence electrons. The summed E-state index contributed by atoms with van der Waals surface area (Å²) < 4.78 is 23.7. The topological polar surface area (TPSA) is 54.4 Å². The predicted molar refractivity (Wildman–Crippen MR) is 27.9 cm³/mol. The van der Waals surface area contributed by atoms with Gasteiger partial charge in [-0.3, -0.25) is 9.59 Å². The summed E-state index contributed by atoms with van der Waals surface area (Å²) in [5.74, 6) is -6.63. The van der Waals surface area contributed by atoms with E-state index in [0.717, 1.165) is 0 Å². The van der Waals surface area contributed by atoms with E-state index in [1.165, 1.54) is 0 Å². The highest BCUT2D eigenvalue weighted by atomic mass is 19.3. The molecular weight excluding hydrogens is 146 g/mol. The largest absolute Gasteiger partial charge is 0.481 e. The lowest BCUT2D eigenvalue weighted by molar-refractivity contribution is -0.149. The maximum Gasteiger partial charge on any atom is 0.311 e. The van der Waals surface area contributed by atoms with E-state index >= 15 is 0 Å². The minimum atomic E-state index is -3.53. The van der Waals surface area contributed by atoms with E-state index in [1.807, 2.05) is 0 Å². The fourth-order valence-corrected chi connectivity index (χ4v) is 0.293. The minimum absolute atomic E-state index is 0.373. The molecule has 0 spiro atoms. The molecule has 0 saturated carbocycles. The third-order valence-corrected chi connectivity index (χ3v) is 0.801. The Labute approximate surface area is 55.6 Å². The number of halogens is 2. The number of aliphatic carboxylic acids is 1. The monoisotopic (exact) mass is 152 g/mol. The number of carbonyl (C=O) groups is 2. The summed E-state index contributed by atoms with van der Waals surface area (Å²) in [7, 11) is 0. The standard InChI is InChI=1S/C5H6F2O3/c1-5(6,7)3(8)2-4(9)10/h2H2,1H3,(H,9,10). The highest BCUT2D eigenvalue weighted by Crippen LogP contribution is 2.14. The van der Waals surface area contributed by atoms with Crippen molar-refractivity contribution in [3.05, 3.63) is 0 Å². The van der Waals surface area contributed by atoms with Crippen LogP contribution in [0.15, 0.2) is 0 Å². The number of carboxylic acids is 1. The van der Waals surface area contributed by atoms with Gasteiger partial charge in [-0.25, -0.2) is 0 Å². The van der Waals surface area contributed by atoms with Gasteiger partial charge in [0.2, 0.25) is 5.78 Å². The molecule has 10 heavy (non-hydrogen) atoms. The van der Waals surface area contributed by atoms with E-state index in [2.05, 4.69) is 0 Å². The van der Waals surface area contributed by atoms with Gasteiger partial charge in [0.25, 0.3) is 0 Å². The molecule has 5 heteroatoms. The van der Waals surface area contributed by atoms with Gasteiger partial charge in [-0.1, -0.05) is 0 Å². The predicted octanol–water partition coefficient (Wildman–Crippen LogP) is 0.685. The Balaban J connectivity index is 3.99. The summed E-state index contributed by atoms with van der Waals surface area (Å²) in [5, 5.41) is 7.89. The van der Waals surface area contributed by atoms with Crippen LogP contribution >= 0.6 is 0 Å². The first-order valence-corrected chi connectivity index (χ1v) is 2.47. The lowest BCUT2D eigenvalue weighted by Crippen LogP contribution is -2.26. The number of carbonyl (C=O) groups excluding carboxylic acids is 1. The number of carboxylic acid groups (broad SMARTS) is 1. The van der Waals surface area contributed by atoms with E-state index in [0.29, 0.717) is 6.92 Å². The lowest BCUT2D eigenvalue weighted by Gasteiger charge is -2.04. The molecule has 0 fully saturated rings. The van der Waals surface area contributed by atoms with Crippen LogP contribution < -0.4 is 0 Å². The van der Waals surface area contributed by atoms with Crippen molar-refractivity contribution in [2.75, 3.05) is 0 Å². The van der Waals surface area contributed by atoms with Gasteiger partial charge in [0.1, 0.15) is 6.42 Å². The molecule has 3 nitrogen and oxygen atoms in total. The van der Waals surface area contributed by atoms with Crippen molar-refractivity contribution in [1.82, 2.24) is 0 Å². The molecule has 0 radical (unpaired) electrons. The van der Waals surface area contributed by atoms with Crippen LogP contribution in [0.2, 0.25) is 0 Å². The van der Waals surface area contributed by atoms with Crippen molar-refractivity contribution in [3.63, 3.8) is 0 Å². The first-order chi connectivity index (χ1) is 4.34. The first-order valence-electron chi connectivity index (χ1n) is 2.47. The third-order valence-electron chi connectivity index (χ3n) is 0.801. The van der Waals surface area contributed by atoms with Crippen LogP contribution in [0.25, 0.3) is 0 Å². The van der Waals surface area contributed by atoms with E-state index in [9.17, 15) is 18.4 Å². The molecule has 0 aromatic heterocycles. The summed E-state index contributed by atoms with van der Waals surface area (Å²) in [6.45, 7) is 0.373. The molecule has 0 unspecified atom stereocenters. The van der Waals surface area contributed by atoms with Crippen molar-refractivity contribution in [2.24, 2.45) is 0 Å². The fourth-order valence-electron chi connectivity index (χ4n) is 0.293. The number of hydrogen-bond donors (Lipinski definition) is 1. The number of ketones is 1. The molecule has 0 aromatic carbocycles. The zero-order valence-electron chi connectivity index (χ0n) is 5.23. The Morgan fingerprint density at radius 1 is 1.50 bits per heavy atom. The molecule has 1 N–H and O–H groups in total. The Kier molecular flexibility index (Phi) is 2.45. The lowest BCUT2D eigenvalue weighted by atomic mass is 10.2. The maximum atomic E-state index is 11.9. The Hall–Kier alpha value is -1.00. The minimum Gasteiger partial charge on any atom is -0.481 e. The van der Waals surface area contributed by atoms with Gasteiger partial charge in [-0.2, -0.15) is 8.78 Å². The summed E-state index contributed by atoms with van der Waals surface area (Å²) in [5.41, 5.74) is 0. The van der Waals surface area contributed by atoms with Crippen molar-refractivity contribution < 1.29 is 23.5 Å². The molecule has 0 saturated heterocycles. The molecule has 0 rings (SSSR count). The van der Waals surface area contributed by atoms with E-state index < -0.39 is 24.1 Å². The van der Waals surface area contributed by atoms with Gasteiger partial charge in [0.15, 0.2) is 0 Å². The number of Topliss-reactive ketones (excluding diaryl/α,β-unsaturated/α-hetero) is 1. The van der Waals surface area contributed by atoms with Crippen LogP contribution in [-0.4, -0.2) is 22.8 Å². The normalized spacial score (nSPS) is 11.1. The third kappa shape index (κ3) is 3.11. The second kappa shape index (κ2) is 2.72. The van der Waals surface area contributed by atoms with Gasteiger partial charge >= 0.3 is 11.9 Å². The van der Waals surface area contributed by atoms with E-state index in [4.69, 9.17) is 5.11 Å². The molecule has 0 aliphatic rings. The highest BCUT2D eigenvalue weighted by molar-refractivity contribution is 5.98. The highest BCUT2D eigenvalue weighted by Gasteiger charge is 2.33. The van der Waals surface area contributed by atoms with Crippen molar-refractivity contribution in [2.45, 2.75) is 19.3 Å². The Morgan fingerprint density at radius 3 is 2.00 bits per heavy atom. The molecule has 0 aromatic rings. The average Bonchev–Trinajstić information content (AvgIpc) is 1.60. The van der Waals surface area contributed by atoms with Gasteiger partial charge in [0.05, 0.1) is 0 Å². The van der Waals surface area contributed by atoms with Crippen LogP contribution in [0.4, 0.5) is 8.78 Å². The molecule has 0 atom stereocenters. The fraction of sp³-hybridized carbons (Fsp3) is 0.600. The molecule has 0 amide bonds. The van der Waals surface area contributed by atoms with Gasteiger partial charge in [0, 0.05) is 6.92 Å². The summed E-state index contributed by atoms with van der Waals surface area (Å²) in [4.78, 5) is 19.8. The molecule has 0 aliphatic carbocycles. The molecule has 0 aliphatic heterocycles. The zero-order valence-corrected chi connectivity index (χ0v) is 5.23. The summed E-state index contributed by atoms with van der Waals surface area (Å²) in [6, 6.07) is 0. The van der Waals surface area contributed by atoms with Gasteiger partial charge < -0.3 is 5.11 Å². The Bertz CT molecular complexity index is 159. The van der Waals surface area contributed by atoms with Crippen LogP contribution in [0.5, 0.6) is 0 Å². The Morgan fingerprint density at radius 2 is 1.90 bits per heavy atom. The van der Waals surface area contributed by atoms with Gasteiger partial charge in [-0.05, 0) is 0 Å². The van der Waals surface area contributed by atoms with Crippen molar-refractivity contribution in [3.8, 4) is 0 Å². The van der Waals surface area contributed by atoms with Crippen LogP contribution in [0, 0.1) is 0 Å². The average molecular weight is 152 g/mol. The van der Waals surface area contributed by atoms with E-state index in [1.54, 1.807) is 0 Å². The maximum absolute atomic E-state index is 11.9. The van der Waals surface area contributed by atoms with Crippen LogP contribution in [0.3, 0.4) is 0 Å². The quantitative estimate of drug-likeness (QED) is 0.605. The molecular formula is C5H6F2O3. The first kappa shape index (κ1) is 9.00. The molecule has 0 bridgehead atoms. The van der Waals surface area contributed by atoms with Crippen molar-refractivity contribution >= 4 is 11.8 Å². The number of alkyl halides is 2. The zero-order chi connectivity index (χ0) is 8.36. The second-order valence-corrected chi connectivity index (χ2v) is 1.88. The number of rotatable bonds is 3.